The Labute approximate surface area is 150 Å². The molecule has 0 aliphatic heterocycles. The highest BCUT2D eigenvalue weighted by molar-refractivity contribution is 9.10. The lowest BCUT2D eigenvalue weighted by Crippen LogP contribution is -1.96. The monoisotopic (exact) mass is 406 g/mol. The molecule has 0 amide bonds. The Balaban J connectivity index is 1.99. The molecule has 122 valence electrons. The van der Waals surface area contributed by atoms with E-state index >= 15 is 0 Å². The maximum atomic E-state index is 13.8. The maximum Gasteiger partial charge on any atom is 0.216 e. The molecule has 3 rings (SSSR count). The summed E-state index contributed by atoms with van der Waals surface area (Å²) in [6, 6.07) is 11.9. The molecule has 8 heteroatoms. The van der Waals surface area contributed by atoms with Crippen LogP contribution >= 0.6 is 28.1 Å². The zero-order valence-electron chi connectivity index (χ0n) is 12.5. The van der Waals surface area contributed by atoms with Crippen molar-refractivity contribution < 1.29 is 9.13 Å². The normalized spacial score (nSPS) is 11.1. The summed E-state index contributed by atoms with van der Waals surface area (Å²) >= 11 is 8.51. The first-order valence-corrected chi connectivity index (χ1v) is 8.10. The first kappa shape index (κ1) is 16.5. The van der Waals surface area contributed by atoms with Gasteiger partial charge in [-0.2, -0.15) is 14.9 Å². The third-order valence-electron chi connectivity index (χ3n) is 3.27. The lowest BCUT2D eigenvalue weighted by Gasteiger charge is -2.03. The Bertz CT molecular complexity index is 949. The van der Waals surface area contributed by atoms with Gasteiger partial charge in [-0.1, -0.05) is 15.9 Å². The Hall–Kier alpha value is -2.32. The third-order valence-corrected chi connectivity index (χ3v) is 4.03. The predicted octanol–water partition coefficient (Wildman–Crippen LogP) is 4.40. The van der Waals surface area contributed by atoms with Crippen LogP contribution in [0.25, 0.3) is 11.4 Å². The van der Waals surface area contributed by atoms with E-state index in [2.05, 4.69) is 31.2 Å². The van der Waals surface area contributed by atoms with Gasteiger partial charge in [0.05, 0.1) is 13.3 Å². The van der Waals surface area contributed by atoms with E-state index in [1.807, 2.05) is 24.3 Å². The quantitative estimate of drug-likeness (QED) is 0.515. The highest BCUT2D eigenvalue weighted by Gasteiger charge is 2.08. The molecule has 0 aliphatic carbocycles. The summed E-state index contributed by atoms with van der Waals surface area (Å²) in [5.74, 6) is 0.886. The lowest BCUT2D eigenvalue weighted by molar-refractivity contribution is 0.415. The number of halogens is 2. The van der Waals surface area contributed by atoms with Gasteiger partial charge in [-0.15, -0.1) is 0 Å². The number of methoxy groups -OCH3 is 1. The van der Waals surface area contributed by atoms with Crippen molar-refractivity contribution in [3.63, 3.8) is 0 Å². The van der Waals surface area contributed by atoms with E-state index in [1.165, 1.54) is 17.0 Å². The van der Waals surface area contributed by atoms with Crippen LogP contribution in [0.3, 0.4) is 0 Å². The molecule has 24 heavy (non-hydrogen) atoms. The maximum absolute atomic E-state index is 13.8. The number of hydrogen-bond donors (Lipinski definition) is 1. The lowest BCUT2D eigenvalue weighted by atomic mass is 10.2. The fourth-order valence-corrected chi connectivity index (χ4v) is 2.62. The number of rotatable bonds is 4. The number of aromatic nitrogens is 3. The number of benzene rings is 2. The molecule has 0 atom stereocenters. The predicted molar refractivity (Wildman–Crippen MR) is 96.5 cm³/mol. The van der Waals surface area contributed by atoms with Crippen molar-refractivity contribution in [1.29, 1.82) is 0 Å². The Kier molecular flexibility index (Phi) is 4.86. The van der Waals surface area contributed by atoms with Crippen LogP contribution in [0.2, 0.25) is 0 Å². The number of aromatic amines is 1. The minimum Gasteiger partial charge on any atom is -0.497 e. The molecular formula is C16H12BrFN4OS. The summed E-state index contributed by atoms with van der Waals surface area (Å²) < 4.78 is 21.5. The van der Waals surface area contributed by atoms with Gasteiger partial charge in [0.2, 0.25) is 4.77 Å². The highest BCUT2D eigenvalue weighted by Crippen LogP contribution is 2.21. The minimum atomic E-state index is -0.372. The molecule has 0 saturated heterocycles. The van der Waals surface area contributed by atoms with Crippen LogP contribution in [-0.4, -0.2) is 28.2 Å². The van der Waals surface area contributed by atoms with E-state index in [0.29, 0.717) is 16.2 Å². The van der Waals surface area contributed by atoms with Crippen molar-refractivity contribution in [2.24, 2.45) is 5.10 Å². The van der Waals surface area contributed by atoms with Gasteiger partial charge in [0.15, 0.2) is 5.82 Å². The van der Waals surface area contributed by atoms with Crippen LogP contribution < -0.4 is 4.74 Å². The van der Waals surface area contributed by atoms with Crippen LogP contribution in [0, 0.1) is 10.6 Å². The standard InChI is InChI=1S/C16H12BrFN4OS/c1-23-13-5-2-10(3-6-13)15-20-21-16(24)22(15)19-9-11-8-12(17)4-7-14(11)18/h2-9H,1H3,(H,21,24)/b19-9+. The largest absolute Gasteiger partial charge is 0.497 e. The molecule has 0 aliphatic rings. The molecule has 2 aromatic carbocycles. The summed E-state index contributed by atoms with van der Waals surface area (Å²) in [5, 5.41) is 11.1. The minimum absolute atomic E-state index is 0.312. The Morgan fingerprint density at radius 3 is 2.75 bits per heavy atom. The molecular weight excluding hydrogens is 395 g/mol. The molecule has 0 spiro atoms. The molecule has 1 heterocycles. The van der Waals surface area contributed by atoms with E-state index in [9.17, 15) is 4.39 Å². The molecule has 1 aromatic heterocycles. The van der Waals surface area contributed by atoms with Crippen LogP contribution in [-0.2, 0) is 0 Å². The fourth-order valence-electron chi connectivity index (χ4n) is 2.06. The molecule has 0 radical (unpaired) electrons. The topological polar surface area (TPSA) is 55.2 Å². The molecule has 0 fully saturated rings. The molecule has 0 saturated carbocycles. The second-order valence-electron chi connectivity index (χ2n) is 4.80. The van der Waals surface area contributed by atoms with Gasteiger partial charge in [-0.25, -0.2) is 9.49 Å². The summed E-state index contributed by atoms with van der Waals surface area (Å²) in [7, 11) is 1.60. The highest BCUT2D eigenvalue weighted by atomic mass is 79.9. The van der Waals surface area contributed by atoms with Crippen molar-refractivity contribution in [1.82, 2.24) is 14.9 Å². The van der Waals surface area contributed by atoms with E-state index in [-0.39, 0.29) is 5.82 Å². The van der Waals surface area contributed by atoms with Gasteiger partial charge < -0.3 is 4.74 Å². The summed E-state index contributed by atoms with van der Waals surface area (Å²) in [4.78, 5) is 0. The van der Waals surface area contributed by atoms with Crippen molar-refractivity contribution in [2.45, 2.75) is 0 Å². The number of H-pyrrole nitrogens is 1. The fraction of sp³-hybridized carbons (Fsp3) is 0.0625. The summed E-state index contributed by atoms with van der Waals surface area (Å²) in [5.41, 5.74) is 1.14. The number of hydrogen-bond acceptors (Lipinski definition) is 4. The van der Waals surface area contributed by atoms with Crippen molar-refractivity contribution >= 4 is 34.4 Å². The first-order chi connectivity index (χ1) is 11.6. The van der Waals surface area contributed by atoms with Gasteiger partial charge in [-0.3, -0.25) is 0 Å². The average molecular weight is 407 g/mol. The summed E-state index contributed by atoms with van der Waals surface area (Å²) in [6.45, 7) is 0. The van der Waals surface area contributed by atoms with Gasteiger partial charge >= 0.3 is 0 Å². The average Bonchev–Trinajstić information content (AvgIpc) is 2.96. The van der Waals surface area contributed by atoms with Gasteiger partial charge in [0, 0.05) is 15.6 Å². The molecule has 3 aromatic rings. The molecule has 1 N–H and O–H groups in total. The Morgan fingerprint density at radius 2 is 2.04 bits per heavy atom. The molecule has 0 unspecified atom stereocenters. The Morgan fingerprint density at radius 1 is 1.29 bits per heavy atom. The van der Waals surface area contributed by atoms with Gasteiger partial charge in [0.1, 0.15) is 11.6 Å². The second kappa shape index (κ2) is 7.06. The smallest absolute Gasteiger partial charge is 0.216 e. The van der Waals surface area contributed by atoms with Crippen molar-refractivity contribution in [2.75, 3.05) is 7.11 Å². The van der Waals surface area contributed by atoms with Crippen molar-refractivity contribution in [3.8, 4) is 17.1 Å². The SMILES string of the molecule is COc1ccc(-c2n[nH]c(=S)n2/N=C/c2cc(Br)ccc2F)cc1. The van der Waals surface area contributed by atoms with Crippen LogP contribution in [0.1, 0.15) is 5.56 Å². The van der Waals surface area contributed by atoms with Crippen molar-refractivity contribution in [3.05, 3.63) is 63.1 Å². The van der Waals surface area contributed by atoms with Gasteiger partial charge in [-0.05, 0) is 54.7 Å². The van der Waals surface area contributed by atoms with E-state index < -0.39 is 0 Å². The van der Waals surface area contributed by atoms with E-state index in [0.717, 1.165) is 15.8 Å². The summed E-state index contributed by atoms with van der Waals surface area (Å²) in [6.07, 6.45) is 1.40. The first-order valence-electron chi connectivity index (χ1n) is 6.90. The zero-order valence-corrected chi connectivity index (χ0v) is 14.9. The molecule has 0 bridgehead atoms. The van der Waals surface area contributed by atoms with Crippen LogP contribution in [0.4, 0.5) is 4.39 Å². The number of nitrogens with zero attached hydrogens (tertiary/aromatic N) is 3. The second-order valence-corrected chi connectivity index (χ2v) is 6.11. The zero-order chi connectivity index (χ0) is 17.1. The van der Waals surface area contributed by atoms with E-state index in [1.54, 1.807) is 19.2 Å². The number of ether oxygens (including phenoxy) is 1. The molecule has 5 nitrogen and oxygen atoms in total. The third kappa shape index (κ3) is 3.44. The van der Waals surface area contributed by atoms with Gasteiger partial charge in [0.25, 0.3) is 0 Å². The van der Waals surface area contributed by atoms with Crippen LogP contribution in [0.5, 0.6) is 5.75 Å². The number of nitrogens with one attached hydrogen (secondary N) is 1. The van der Waals surface area contributed by atoms with Crippen LogP contribution in [0.15, 0.2) is 52.0 Å². The van der Waals surface area contributed by atoms with E-state index in [4.69, 9.17) is 17.0 Å².